The maximum Gasteiger partial charge on any atom is 0.126 e. The van der Waals surface area contributed by atoms with Gasteiger partial charge in [0.05, 0.1) is 4.83 Å². The molecule has 0 aromatic heterocycles. The molecule has 1 unspecified atom stereocenters. The van der Waals surface area contributed by atoms with E-state index < -0.39 is 0 Å². The zero-order valence-electron chi connectivity index (χ0n) is 9.25. The lowest BCUT2D eigenvalue weighted by atomic mass is 10.0. The molecule has 0 nitrogen and oxygen atoms in total. The first-order valence-corrected chi connectivity index (χ1v) is 6.95. The summed E-state index contributed by atoms with van der Waals surface area (Å²) < 4.78 is 14.3. The number of hydrogen-bond donors (Lipinski definition) is 0. The van der Waals surface area contributed by atoms with Crippen molar-refractivity contribution in [1.29, 1.82) is 0 Å². The molecule has 0 spiro atoms. The van der Waals surface area contributed by atoms with Crippen LogP contribution < -0.4 is 0 Å². The molecule has 0 bridgehead atoms. The van der Waals surface area contributed by atoms with Crippen LogP contribution in [-0.4, -0.2) is 0 Å². The Morgan fingerprint density at radius 2 is 1.82 bits per heavy atom. The van der Waals surface area contributed by atoms with Gasteiger partial charge in [-0.25, -0.2) is 4.39 Å². The smallest absolute Gasteiger partial charge is 0.126 e. The molecule has 17 heavy (non-hydrogen) atoms. The molecule has 0 fully saturated rings. The lowest BCUT2D eigenvalue weighted by molar-refractivity contribution is 0.617. The summed E-state index contributed by atoms with van der Waals surface area (Å²) in [6.45, 7) is 1.78. The molecule has 2 rings (SSSR count). The van der Waals surface area contributed by atoms with Crippen LogP contribution in [0.3, 0.4) is 0 Å². The van der Waals surface area contributed by atoms with Crippen LogP contribution in [0, 0.1) is 12.7 Å². The molecule has 88 valence electrons. The highest BCUT2D eigenvalue weighted by Crippen LogP contribution is 2.35. The van der Waals surface area contributed by atoms with E-state index in [1.54, 1.807) is 13.0 Å². The SMILES string of the molecule is Cc1cc(C(Br)c2ccccc2Br)ccc1F. The van der Waals surface area contributed by atoms with Gasteiger partial charge < -0.3 is 0 Å². The minimum Gasteiger partial charge on any atom is -0.207 e. The quantitative estimate of drug-likeness (QED) is 0.633. The highest BCUT2D eigenvalue weighted by atomic mass is 79.9. The molecule has 0 heterocycles. The van der Waals surface area contributed by atoms with Gasteiger partial charge >= 0.3 is 0 Å². The van der Waals surface area contributed by atoms with E-state index in [0.29, 0.717) is 5.56 Å². The van der Waals surface area contributed by atoms with Crippen molar-refractivity contribution in [1.82, 2.24) is 0 Å². The Bertz CT molecular complexity index is 537. The number of alkyl halides is 1. The highest BCUT2D eigenvalue weighted by Gasteiger charge is 2.13. The van der Waals surface area contributed by atoms with Crippen LogP contribution in [0.4, 0.5) is 4.39 Å². The van der Waals surface area contributed by atoms with Gasteiger partial charge in [-0.05, 0) is 35.7 Å². The Labute approximate surface area is 117 Å². The number of halogens is 3. The van der Waals surface area contributed by atoms with E-state index in [9.17, 15) is 4.39 Å². The summed E-state index contributed by atoms with van der Waals surface area (Å²) in [7, 11) is 0. The van der Waals surface area contributed by atoms with Gasteiger partial charge in [-0.15, -0.1) is 0 Å². The standard InChI is InChI=1S/C14H11Br2F/c1-9-8-10(6-7-13(9)17)14(16)11-4-2-3-5-12(11)15/h2-8,14H,1H3. The van der Waals surface area contributed by atoms with Gasteiger partial charge in [-0.3, -0.25) is 0 Å². The molecule has 2 aromatic rings. The van der Waals surface area contributed by atoms with E-state index in [4.69, 9.17) is 0 Å². The van der Waals surface area contributed by atoms with Crippen molar-refractivity contribution in [2.75, 3.05) is 0 Å². The molecule has 0 amide bonds. The van der Waals surface area contributed by atoms with Gasteiger partial charge in [0, 0.05) is 4.47 Å². The lowest BCUT2D eigenvalue weighted by Crippen LogP contribution is -1.95. The van der Waals surface area contributed by atoms with Crippen molar-refractivity contribution in [3.8, 4) is 0 Å². The Morgan fingerprint density at radius 3 is 2.47 bits per heavy atom. The predicted octanol–water partition coefficient (Wildman–Crippen LogP) is 5.38. The Kier molecular flexibility index (Phi) is 4.00. The Morgan fingerprint density at radius 1 is 1.12 bits per heavy atom. The van der Waals surface area contributed by atoms with Gasteiger partial charge in [0.25, 0.3) is 0 Å². The second-order valence-electron chi connectivity index (χ2n) is 3.89. The van der Waals surface area contributed by atoms with Crippen LogP contribution in [0.5, 0.6) is 0 Å². The first-order chi connectivity index (χ1) is 8.09. The van der Waals surface area contributed by atoms with Crippen molar-refractivity contribution >= 4 is 31.9 Å². The molecule has 0 aliphatic heterocycles. The van der Waals surface area contributed by atoms with E-state index in [1.807, 2.05) is 30.3 Å². The topological polar surface area (TPSA) is 0 Å². The van der Waals surface area contributed by atoms with Crippen LogP contribution >= 0.6 is 31.9 Å². The Balaban J connectivity index is 2.40. The van der Waals surface area contributed by atoms with E-state index in [1.165, 1.54) is 6.07 Å². The van der Waals surface area contributed by atoms with Crippen LogP contribution in [-0.2, 0) is 0 Å². The lowest BCUT2D eigenvalue weighted by Gasteiger charge is -2.13. The number of benzene rings is 2. The fourth-order valence-electron chi connectivity index (χ4n) is 1.69. The third kappa shape index (κ3) is 2.78. The zero-order valence-corrected chi connectivity index (χ0v) is 12.4. The van der Waals surface area contributed by atoms with Crippen LogP contribution in [0.1, 0.15) is 21.5 Å². The van der Waals surface area contributed by atoms with Gasteiger partial charge in [-0.2, -0.15) is 0 Å². The fraction of sp³-hybridized carbons (Fsp3) is 0.143. The summed E-state index contributed by atoms with van der Waals surface area (Å²) in [4.78, 5) is 0.0670. The molecule has 0 aliphatic carbocycles. The monoisotopic (exact) mass is 356 g/mol. The van der Waals surface area contributed by atoms with Crippen molar-refractivity contribution in [2.24, 2.45) is 0 Å². The van der Waals surface area contributed by atoms with Crippen LogP contribution in [0.15, 0.2) is 46.9 Å². The van der Waals surface area contributed by atoms with Gasteiger partial charge in [0.15, 0.2) is 0 Å². The largest absolute Gasteiger partial charge is 0.207 e. The van der Waals surface area contributed by atoms with E-state index >= 15 is 0 Å². The number of rotatable bonds is 2. The summed E-state index contributed by atoms with van der Waals surface area (Å²) in [6.07, 6.45) is 0. The molecule has 1 atom stereocenters. The van der Waals surface area contributed by atoms with Crippen LogP contribution in [0.25, 0.3) is 0 Å². The van der Waals surface area contributed by atoms with E-state index in [0.717, 1.165) is 15.6 Å². The van der Waals surface area contributed by atoms with Gasteiger partial charge in [0.2, 0.25) is 0 Å². The van der Waals surface area contributed by atoms with Gasteiger partial charge in [0.1, 0.15) is 5.82 Å². The maximum absolute atomic E-state index is 13.2. The molecule has 3 heteroatoms. The molecular weight excluding hydrogens is 347 g/mol. The molecule has 0 radical (unpaired) electrons. The van der Waals surface area contributed by atoms with E-state index in [2.05, 4.69) is 31.9 Å². The van der Waals surface area contributed by atoms with Crippen molar-refractivity contribution < 1.29 is 4.39 Å². The van der Waals surface area contributed by atoms with Crippen molar-refractivity contribution in [3.63, 3.8) is 0 Å². The molecule has 2 aromatic carbocycles. The average molecular weight is 358 g/mol. The second kappa shape index (κ2) is 5.32. The summed E-state index contributed by atoms with van der Waals surface area (Å²) in [6, 6.07) is 13.2. The second-order valence-corrected chi connectivity index (χ2v) is 5.66. The summed E-state index contributed by atoms with van der Waals surface area (Å²) in [5, 5.41) is 0. The molecule has 0 aliphatic rings. The third-order valence-corrected chi connectivity index (χ3v) is 4.40. The molecule has 0 saturated heterocycles. The third-order valence-electron chi connectivity index (χ3n) is 2.65. The summed E-state index contributed by atoms with van der Waals surface area (Å²) in [5.41, 5.74) is 2.85. The summed E-state index contributed by atoms with van der Waals surface area (Å²) >= 11 is 7.17. The van der Waals surface area contributed by atoms with Crippen molar-refractivity contribution in [3.05, 3.63) is 69.4 Å². The average Bonchev–Trinajstić information content (AvgIpc) is 2.32. The molecular formula is C14H11Br2F. The van der Waals surface area contributed by atoms with Crippen molar-refractivity contribution in [2.45, 2.75) is 11.8 Å². The van der Waals surface area contributed by atoms with Gasteiger partial charge in [-0.1, -0.05) is 62.2 Å². The summed E-state index contributed by atoms with van der Waals surface area (Å²) in [5.74, 6) is -0.166. The Hall–Kier alpha value is -0.670. The first kappa shape index (κ1) is 12.8. The first-order valence-electron chi connectivity index (χ1n) is 5.24. The molecule has 0 saturated carbocycles. The maximum atomic E-state index is 13.2. The fourth-order valence-corrected chi connectivity index (χ4v) is 3.19. The minimum absolute atomic E-state index is 0.0670. The normalized spacial score (nSPS) is 12.5. The highest BCUT2D eigenvalue weighted by molar-refractivity contribution is 9.11. The molecule has 0 N–H and O–H groups in total. The predicted molar refractivity (Wildman–Crippen MR) is 76.0 cm³/mol. The van der Waals surface area contributed by atoms with E-state index in [-0.39, 0.29) is 10.6 Å². The number of aryl methyl sites for hydroxylation is 1. The minimum atomic E-state index is -0.166. The number of hydrogen-bond acceptors (Lipinski definition) is 0. The van der Waals surface area contributed by atoms with Crippen LogP contribution in [0.2, 0.25) is 0 Å². The zero-order chi connectivity index (χ0) is 12.4.